The van der Waals surface area contributed by atoms with E-state index >= 15 is 0 Å². The van der Waals surface area contributed by atoms with Crippen LogP contribution in [0.2, 0.25) is 0 Å². The zero-order valence-corrected chi connectivity index (χ0v) is 55.1. The molecule has 0 bridgehead atoms. The Morgan fingerprint density at radius 3 is 0.739 bits per heavy atom. The van der Waals surface area contributed by atoms with Crippen molar-refractivity contribution in [2.45, 2.75) is 140 Å². The van der Waals surface area contributed by atoms with Crippen molar-refractivity contribution in [3.05, 3.63) is 270 Å². The second-order valence-corrected chi connectivity index (χ2v) is 27.3. The average Bonchev–Trinajstić information content (AvgIpc) is 0.723. The van der Waals surface area contributed by atoms with Gasteiger partial charge in [-0.25, -0.2) is 8.78 Å². The first-order valence-corrected chi connectivity index (χ1v) is 31.3. The second-order valence-electron chi connectivity index (χ2n) is 23.6. The molecule has 0 fully saturated rings. The third-order valence-corrected chi connectivity index (χ3v) is 21.4. The number of halogens is 14. The van der Waals surface area contributed by atoms with E-state index in [1.807, 2.05) is 36.4 Å². The first kappa shape index (κ1) is 72.9. The number of hydrogen-bond donors (Lipinski definition) is 0. The van der Waals surface area contributed by atoms with Crippen LogP contribution in [0.25, 0.3) is 11.1 Å². The summed E-state index contributed by atoms with van der Waals surface area (Å²) in [5.74, 6) is -8.01. The Labute approximate surface area is 530 Å². The number of benzene rings is 9. The van der Waals surface area contributed by atoms with Gasteiger partial charge >= 0.3 is 32.0 Å². The van der Waals surface area contributed by atoms with Crippen molar-refractivity contribution in [3.63, 3.8) is 0 Å². The van der Waals surface area contributed by atoms with Gasteiger partial charge in [0.05, 0.1) is 0 Å². The molecule has 0 radical (unpaired) electrons. The van der Waals surface area contributed by atoms with Crippen LogP contribution in [0.15, 0.2) is 158 Å². The summed E-state index contributed by atoms with van der Waals surface area (Å²) < 4.78 is 207. The highest BCUT2D eigenvalue weighted by molar-refractivity contribution is 7.05. The summed E-state index contributed by atoms with van der Waals surface area (Å²) >= 11 is 0. The van der Waals surface area contributed by atoms with Gasteiger partial charge in [-0.05, 0) is 281 Å². The first-order valence-electron chi connectivity index (χ1n) is 29.3. The van der Waals surface area contributed by atoms with Crippen molar-refractivity contribution in [2.75, 3.05) is 0 Å². The maximum absolute atomic E-state index is 14.0. The van der Waals surface area contributed by atoms with Crippen LogP contribution in [0.4, 0.5) is 61.5 Å². The molecule has 0 aromatic heterocycles. The van der Waals surface area contributed by atoms with E-state index in [1.54, 1.807) is 55.4 Å². The largest absolute Gasteiger partial charge is 0.457 e. The number of alkyl halides is 12. The van der Waals surface area contributed by atoms with Gasteiger partial charge in [0, 0.05) is 0 Å². The van der Waals surface area contributed by atoms with Crippen LogP contribution < -0.4 is 19.8 Å². The molecule has 0 spiro atoms. The summed E-state index contributed by atoms with van der Waals surface area (Å²) in [5, 5.41) is -1.36. The van der Waals surface area contributed by atoms with E-state index in [0.717, 1.165) is 82.7 Å². The standard InChI is InChI=1S/C28H26O2.C19H18F6.C18H18F6Si.C10H12F2/c1-19-5-11-27(17-21(19)3)29-25-13-7-23(8-14-25)24-9-15-26(16-10-24)30-28-12-6-20(2)22(4)18-28;1-11-5-7-15(9-13(11)3)17(18(20,21)22,19(23,24)25)16-8-6-12(2)14(4)10-16;1-11-5-7-15(9-13(11)3)25(17(19,20)21,18(22,23)24)16-8-6-12(2)14(4)10-16;1-5-6(2)10(12)8(4)7(3)9(5)11/h5-18H,1-4H3;2*5-10H,1-4H3;1-4H3. The normalized spacial score (nSPS) is 12.0. The zero-order valence-electron chi connectivity index (χ0n) is 54.1. The van der Waals surface area contributed by atoms with Gasteiger partial charge in [0.1, 0.15) is 34.6 Å². The first-order chi connectivity index (χ1) is 42.6. The third kappa shape index (κ3) is 15.5. The summed E-state index contributed by atoms with van der Waals surface area (Å²) in [4.78, 5) is 0. The van der Waals surface area contributed by atoms with E-state index in [0.29, 0.717) is 66.8 Å². The molecule has 0 aliphatic heterocycles. The molecule has 0 aliphatic carbocycles. The molecule has 92 heavy (non-hydrogen) atoms. The highest BCUT2D eigenvalue weighted by Crippen LogP contribution is 2.56. The van der Waals surface area contributed by atoms with Crippen LogP contribution in [-0.2, 0) is 5.41 Å². The fraction of sp³-hybridized carbons (Fsp3) is 0.280. The van der Waals surface area contributed by atoms with Crippen molar-refractivity contribution in [1.82, 2.24) is 0 Å². The predicted molar refractivity (Wildman–Crippen MR) is 343 cm³/mol. The summed E-state index contributed by atoms with van der Waals surface area (Å²) in [7, 11) is -6.06. The van der Waals surface area contributed by atoms with Gasteiger partial charge < -0.3 is 9.47 Å². The van der Waals surface area contributed by atoms with Crippen LogP contribution in [0, 0.1) is 122 Å². The van der Waals surface area contributed by atoms with E-state index in [2.05, 4.69) is 76.2 Å². The van der Waals surface area contributed by atoms with E-state index in [4.69, 9.17) is 9.47 Å². The van der Waals surface area contributed by atoms with Gasteiger partial charge in [0.15, 0.2) is 0 Å². The molecule has 0 saturated heterocycles. The minimum atomic E-state index is -6.06. The monoisotopic (exact) mass is 1300 g/mol. The lowest BCUT2D eigenvalue weighted by atomic mass is 9.71. The molecule has 0 atom stereocenters. The van der Waals surface area contributed by atoms with Crippen LogP contribution in [0.1, 0.15) is 100 Å². The Bertz CT molecular complexity index is 3610. The van der Waals surface area contributed by atoms with E-state index < -0.39 is 58.9 Å². The average molecular weight is 1300 g/mol. The molecular weight excluding hydrogens is 1230 g/mol. The molecule has 0 saturated carbocycles. The molecular formula is C75H74F14O2Si. The van der Waals surface area contributed by atoms with Crippen LogP contribution in [-0.4, -0.2) is 32.0 Å². The van der Waals surface area contributed by atoms with Crippen molar-refractivity contribution in [2.24, 2.45) is 0 Å². The molecule has 0 aliphatic rings. The lowest BCUT2D eigenvalue weighted by molar-refractivity contribution is -0.288. The Hall–Kier alpha value is -8.18. The predicted octanol–water partition coefficient (Wildman–Crippen LogP) is 22.4. The molecule has 0 N–H and O–H groups in total. The zero-order chi connectivity index (χ0) is 69.0. The van der Waals surface area contributed by atoms with Gasteiger partial charge in [-0.1, -0.05) is 109 Å². The van der Waals surface area contributed by atoms with Crippen LogP contribution in [0.3, 0.4) is 0 Å². The van der Waals surface area contributed by atoms with Crippen molar-refractivity contribution >= 4 is 18.4 Å². The summed E-state index contributed by atoms with van der Waals surface area (Å²) in [6.45, 7) is 27.4. The van der Waals surface area contributed by atoms with Gasteiger partial charge in [0.2, 0.25) is 5.41 Å². The number of hydrogen-bond acceptors (Lipinski definition) is 2. The lowest BCUT2D eigenvalue weighted by Crippen LogP contribution is -2.77. The fourth-order valence-electron chi connectivity index (χ4n) is 10.3. The van der Waals surface area contributed by atoms with E-state index in [1.165, 1.54) is 74.2 Å². The summed E-state index contributed by atoms with van der Waals surface area (Å²) in [5.41, 5.74) is 7.32. The molecule has 2 nitrogen and oxygen atoms in total. The SMILES string of the molecule is Cc1c(C)c(F)c(C)c(C)c1F.Cc1ccc(C(c2ccc(C)c(C)c2)(C(F)(F)F)C(F)(F)F)cc1C.Cc1ccc(Oc2ccc(-c3ccc(Oc4ccc(C)c(C)c4)cc3)cc2)cc1C.Cc1ccc([Si](c2ccc(C)c(C)c2)(C(F)(F)F)C(F)(F)F)cc1C. The summed E-state index contributed by atoms with van der Waals surface area (Å²) in [6.07, 6.45) is -11.1. The van der Waals surface area contributed by atoms with Crippen LogP contribution in [0.5, 0.6) is 23.0 Å². The smallest absolute Gasteiger partial charge is 0.411 e. The molecule has 488 valence electrons. The van der Waals surface area contributed by atoms with E-state index in [-0.39, 0.29) is 11.6 Å². The molecule has 0 unspecified atom stereocenters. The minimum Gasteiger partial charge on any atom is -0.457 e. The minimum absolute atomic E-state index is 0.286. The fourth-order valence-corrected chi connectivity index (χ4v) is 13.8. The van der Waals surface area contributed by atoms with Crippen LogP contribution >= 0.6 is 0 Å². The molecule has 9 rings (SSSR count). The van der Waals surface area contributed by atoms with Crippen molar-refractivity contribution in [3.8, 4) is 34.1 Å². The maximum Gasteiger partial charge on any atom is 0.411 e. The van der Waals surface area contributed by atoms with Gasteiger partial charge in [-0.15, -0.1) is 0 Å². The number of aryl methyl sites for hydroxylation is 12. The highest BCUT2D eigenvalue weighted by atomic mass is 28.3. The molecule has 0 heterocycles. The highest BCUT2D eigenvalue weighted by Gasteiger charge is 2.76. The third-order valence-electron chi connectivity index (χ3n) is 17.4. The Morgan fingerprint density at radius 2 is 0.500 bits per heavy atom. The lowest BCUT2D eigenvalue weighted by Gasteiger charge is -2.38. The molecule has 9 aromatic carbocycles. The van der Waals surface area contributed by atoms with Gasteiger partial charge in [0.25, 0.3) is 0 Å². The topological polar surface area (TPSA) is 18.5 Å². The maximum atomic E-state index is 14.0. The molecule has 17 heteroatoms. The molecule has 9 aromatic rings. The Balaban J connectivity index is 0.000000202. The Kier molecular flexibility index (Phi) is 22.5. The van der Waals surface area contributed by atoms with Gasteiger partial charge in [-0.3, -0.25) is 0 Å². The second kappa shape index (κ2) is 28.4. The van der Waals surface area contributed by atoms with E-state index in [9.17, 15) is 61.5 Å². The van der Waals surface area contributed by atoms with Crippen molar-refractivity contribution in [1.29, 1.82) is 0 Å². The van der Waals surface area contributed by atoms with Gasteiger partial charge in [-0.2, -0.15) is 52.7 Å². The molecule has 0 amide bonds. The number of rotatable bonds is 9. The summed E-state index contributed by atoms with van der Waals surface area (Å²) in [6, 6.07) is 41.7. The number of ether oxygens (including phenoxy) is 2. The van der Waals surface area contributed by atoms with Crippen molar-refractivity contribution < 1.29 is 70.9 Å². The quantitative estimate of drug-likeness (QED) is 0.106. The Morgan fingerprint density at radius 1 is 0.261 bits per heavy atom.